The van der Waals surface area contributed by atoms with Gasteiger partial charge in [-0.3, -0.25) is 0 Å². The summed E-state index contributed by atoms with van der Waals surface area (Å²) in [6, 6.07) is 10.2. The average Bonchev–Trinajstić information content (AvgIpc) is 3.00. The van der Waals surface area contributed by atoms with Crippen molar-refractivity contribution < 1.29 is 22.7 Å². The molecular formula is C18H12F3N3O2. The van der Waals surface area contributed by atoms with Crippen LogP contribution >= 0.6 is 0 Å². The minimum absolute atomic E-state index is 0.190. The number of H-pyrrole nitrogens is 1. The molecule has 0 aliphatic rings. The number of aromatic amines is 1. The summed E-state index contributed by atoms with van der Waals surface area (Å²) in [7, 11) is 1.28. The van der Waals surface area contributed by atoms with E-state index in [9.17, 15) is 18.0 Å². The minimum Gasteiger partial charge on any atom is -0.465 e. The predicted molar refractivity (Wildman–Crippen MR) is 86.4 cm³/mol. The quantitative estimate of drug-likeness (QED) is 0.721. The van der Waals surface area contributed by atoms with Crippen LogP contribution in [-0.2, 0) is 17.3 Å². The van der Waals surface area contributed by atoms with Crippen LogP contribution in [0.25, 0.3) is 11.0 Å². The molecule has 2 aromatic carbocycles. The molecule has 132 valence electrons. The first kappa shape index (κ1) is 17.5. The molecule has 0 saturated heterocycles. The highest BCUT2D eigenvalue weighted by atomic mass is 19.4. The number of esters is 1. The van der Waals surface area contributed by atoms with Crippen LogP contribution < -0.4 is 0 Å². The van der Waals surface area contributed by atoms with E-state index in [2.05, 4.69) is 14.7 Å². The van der Waals surface area contributed by atoms with Crippen LogP contribution in [0.1, 0.15) is 32.9 Å². The maximum atomic E-state index is 13.0. The fourth-order valence-electron chi connectivity index (χ4n) is 2.64. The summed E-state index contributed by atoms with van der Waals surface area (Å²) < 4.78 is 43.8. The molecule has 0 spiro atoms. The van der Waals surface area contributed by atoms with E-state index in [0.717, 1.165) is 17.7 Å². The Kier molecular flexibility index (Phi) is 4.38. The molecular weight excluding hydrogens is 347 g/mol. The molecule has 3 rings (SSSR count). The molecule has 1 heterocycles. The van der Waals surface area contributed by atoms with E-state index in [1.807, 2.05) is 0 Å². The number of ether oxygens (including phenoxy) is 1. The SMILES string of the molecule is COC(=O)c1cccc(Cc2nc3cc(C#N)c(C(F)(F)F)cc3[nH]2)c1. The summed E-state index contributed by atoms with van der Waals surface area (Å²) in [5, 5.41) is 8.96. The Hall–Kier alpha value is -3.34. The number of nitrogens with one attached hydrogen (secondary N) is 1. The van der Waals surface area contributed by atoms with E-state index in [1.54, 1.807) is 30.3 Å². The van der Waals surface area contributed by atoms with Crippen molar-refractivity contribution in [2.75, 3.05) is 7.11 Å². The first-order chi connectivity index (χ1) is 12.3. The molecule has 0 fully saturated rings. The van der Waals surface area contributed by atoms with Gasteiger partial charge in [-0.05, 0) is 29.8 Å². The van der Waals surface area contributed by atoms with Crippen LogP contribution in [0.15, 0.2) is 36.4 Å². The van der Waals surface area contributed by atoms with Gasteiger partial charge in [0.15, 0.2) is 0 Å². The first-order valence-electron chi connectivity index (χ1n) is 7.49. The van der Waals surface area contributed by atoms with Gasteiger partial charge in [0.25, 0.3) is 0 Å². The number of aromatic nitrogens is 2. The summed E-state index contributed by atoms with van der Waals surface area (Å²) in [6.07, 6.45) is -4.35. The normalized spacial score (nSPS) is 11.3. The number of rotatable bonds is 3. The van der Waals surface area contributed by atoms with Crippen molar-refractivity contribution in [1.82, 2.24) is 9.97 Å². The van der Waals surface area contributed by atoms with Crippen LogP contribution in [-0.4, -0.2) is 23.0 Å². The molecule has 8 heteroatoms. The van der Waals surface area contributed by atoms with Crippen LogP contribution in [0.3, 0.4) is 0 Å². The molecule has 0 atom stereocenters. The Morgan fingerprint density at radius 3 is 2.73 bits per heavy atom. The molecule has 26 heavy (non-hydrogen) atoms. The van der Waals surface area contributed by atoms with Gasteiger partial charge in [-0.2, -0.15) is 18.4 Å². The Morgan fingerprint density at radius 2 is 2.08 bits per heavy atom. The third-order valence-corrected chi connectivity index (χ3v) is 3.82. The van der Waals surface area contributed by atoms with Crippen molar-refractivity contribution in [2.45, 2.75) is 12.6 Å². The van der Waals surface area contributed by atoms with E-state index in [0.29, 0.717) is 11.4 Å². The van der Waals surface area contributed by atoms with Crippen molar-refractivity contribution >= 4 is 17.0 Å². The van der Waals surface area contributed by atoms with Crippen molar-refractivity contribution in [3.8, 4) is 6.07 Å². The number of imidazole rings is 1. The number of nitriles is 1. The van der Waals surface area contributed by atoms with E-state index in [1.165, 1.54) is 7.11 Å². The second-order valence-electron chi connectivity index (χ2n) is 5.58. The van der Waals surface area contributed by atoms with Crippen LogP contribution in [0.2, 0.25) is 0 Å². The Bertz CT molecular complexity index is 1030. The molecule has 0 unspecified atom stereocenters. The van der Waals surface area contributed by atoms with Gasteiger partial charge in [-0.15, -0.1) is 0 Å². The third-order valence-electron chi connectivity index (χ3n) is 3.82. The highest BCUT2D eigenvalue weighted by Gasteiger charge is 2.34. The van der Waals surface area contributed by atoms with Gasteiger partial charge in [0.1, 0.15) is 5.82 Å². The van der Waals surface area contributed by atoms with Crippen molar-refractivity contribution in [2.24, 2.45) is 0 Å². The topological polar surface area (TPSA) is 78.8 Å². The fourth-order valence-corrected chi connectivity index (χ4v) is 2.64. The number of nitrogens with zero attached hydrogens (tertiary/aromatic N) is 2. The first-order valence-corrected chi connectivity index (χ1v) is 7.49. The zero-order chi connectivity index (χ0) is 18.9. The number of hydrogen-bond donors (Lipinski definition) is 1. The molecule has 0 bridgehead atoms. The van der Waals surface area contributed by atoms with Gasteiger partial charge in [0.2, 0.25) is 0 Å². The summed E-state index contributed by atoms with van der Waals surface area (Å²) in [5.41, 5.74) is 0.0889. The summed E-state index contributed by atoms with van der Waals surface area (Å²) in [5.74, 6) is -0.0600. The van der Waals surface area contributed by atoms with Crippen molar-refractivity contribution in [3.63, 3.8) is 0 Å². The predicted octanol–water partition coefficient (Wildman–Crippen LogP) is 3.83. The lowest BCUT2D eigenvalue weighted by molar-refractivity contribution is -0.137. The van der Waals surface area contributed by atoms with E-state index < -0.39 is 23.3 Å². The number of benzene rings is 2. The molecule has 1 N–H and O–H groups in total. The highest BCUT2D eigenvalue weighted by Crippen LogP contribution is 2.34. The van der Waals surface area contributed by atoms with Gasteiger partial charge in [-0.25, -0.2) is 9.78 Å². The lowest BCUT2D eigenvalue weighted by Gasteiger charge is -2.07. The third kappa shape index (κ3) is 3.37. The minimum atomic E-state index is -4.63. The number of methoxy groups -OCH3 is 1. The second-order valence-corrected chi connectivity index (χ2v) is 5.58. The van der Waals surface area contributed by atoms with E-state index in [4.69, 9.17) is 5.26 Å². The van der Waals surface area contributed by atoms with Gasteiger partial charge in [-0.1, -0.05) is 12.1 Å². The van der Waals surface area contributed by atoms with E-state index in [-0.39, 0.29) is 17.5 Å². The molecule has 5 nitrogen and oxygen atoms in total. The number of fused-ring (bicyclic) bond motifs is 1. The van der Waals surface area contributed by atoms with Gasteiger partial charge in [0, 0.05) is 6.42 Å². The lowest BCUT2D eigenvalue weighted by Crippen LogP contribution is -2.07. The molecule has 0 aliphatic heterocycles. The molecule has 0 radical (unpaired) electrons. The van der Waals surface area contributed by atoms with Gasteiger partial charge in [0.05, 0.1) is 40.9 Å². The standard InChI is InChI=1S/C18H12F3N3O2/c1-26-17(25)11-4-2-3-10(5-11)6-16-23-14-7-12(9-22)13(18(19,20)21)8-15(14)24-16/h2-5,7-8H,6H2,1H3,(H,23,24). The number of alkyl halides is 3. The number of carbonyl (C=O) groups is 1. The highest BCUT2D eigenvalue weighted by molar-refractivity contribution is 5.89. The summed E-state index contributed by atoms with van der Waals surface area (Å²) in [4.78, 5) is 18.7. The average molecular weight is 359 g/mol. The Balaban J connectivity index is 1.98. The van der Waals surface area contributed by atoms with E-state index >= 15 is 0 Å². The zero-order valence-electron chi connectivity index (χ0n) is 13.5. The summed E-state index contributed by atoms with van der Waals surface area (Å²) >= 11 is 0. The molecule has 0 saturated carbocycles. The smallest absolute Gasteiger partial charge is 0.417 e. The molecule has 0 aliphatic carbocycles. The maximum absolute atomic E-state index is 13.0. The molecule has 0 amide bonds. The van der Waals surface area contributed by atoms with Crippen LogP contribution in [0.4, 0.5) is 13.2 Å². The lowest BCUT2D eigenvalue weighted by atomic mass is 10.1. The monoisotopic (exact) mass is 359 g/mol. The molecule has 1 aromatic heterocycles. The van der Waals surface area contributed by atoms with Crippen LogP contribution in [0, 0.1) is 11.3 Å². The Morgan fingerprint density at radius 1 is 1.31 bits per heavy atom. The van der Waals surface area contributed by atoms with Crippen molar-refractivity contribution in [3.05, 3.63) is 64.5 Å². The van der Waals surface area contributed by atoms with Crippen LogP contribution in [0.5, 0.6) is 0 Å². The van der Waals surface area contributed by atoms with Gasteiger partial charge < -0.3 is 9.72 Å². The second kappa shape index (κ2) is 6.52. The number of hydrogen-bond acceptors (Lipinski definition) is 4. The number of halogens is 3. The largest absolute Gasteiger partial charge is 0.465 e. The zero-order valence-corrected chi connectivity index (χ0v) is 13.5. The van der Waals surface area contributed by atoms with Crippen molar-refractivity contribution in [1.29, 1.82) is 5.26 Å². The fraction of sp³-hybridized carbons (Fsp3) is 0.167. The summed E-state index contributed by atoms with van der Waals surface area (Å²) in [6.45, 7) is 0. The molecule has 3 aromatic rings. The Labute approximate surface area is 146 Å². The maximum Gasteiger partial charge on any atom is 0.417 e. The number of carbonyl (C=O) groups excluding carboxylic acids is 1. The van der Waals surface area contributed by atoms with Gasteiger partial charge >= 0.3 is 12.1 Å².